The van der Waals surface area contributed by atoms with Gasteiger partial charge in [0, 0.05) is 11.6 Å². The number of hydrogen-bond donors (Lipinski definition) is 2. The van der Waals surface area contributed by atoms with Gasteiger partial charge in [0.15, 0.2) is 0 Å². The fraction of sp³-hybridized carbons (Fsp3) is 0.308. The molecular formula is C26H27ClN2O3. The average molecular weight is 451 g/mol. The molecule has 2 N–H and O–H groups in total. The van der Waals surface area contributed by atoms with E-state index < -0.39 is 0 Å². The van der Waals surface area contributed by atoms with Gasteiger partial charge in [-0.15, -0.1) is 0 Å². The lowest BCUT2D eigenvalue weighted by atomic mass is 9.89. The summed E-state index contributed by atoms with van der Waals surface area (Å²) in [7, 11) is 1.54. The highest BCUT2D eigenvalue weighted by atomic mass is 35.5. The van der Waals surface area contributed by atoms with Crippen LogP contribution in [0.25, 0.3) is 10.8 Å². The first-order valence-electron chi connectivity index (χ1n) is 11.0. The molecule has 0 aliphatic heterocycles. The molecule has 4 rings (SSSR count). The molecule has 0 saturated heterocycles. The lowest BCUT2D eigenvalue weighted by Crippen LogP contribution is -2.31. The molecule has 0 aromatic heterocycles. The second-order valence-corrected chi connectivity index (χ2v) is 8.66. The lowest BCUT2D eigenvalue weighted by molar-refractivity contribution is 0.0944. The van der Waals surface area contributed by atoms with Crippen molar-refractivity contribution in [2.24, 2.45) is 5.92 Å². The number of carbonyl (C=O) groups is 2. The third-order valence-electron chi connectivity index (χ3n) is 6.09. The monoisotopic (exact) mass is 450 g/mol. The van der Waals surface area contributed by atoms with Crippen LogP contribution in [-0.4, -0.2) is 25.5 Å². The number of halogens is 1. The van der Waals surface area contributed by atoms with E-state index in [-0.39, 0.29) is 11.8 Å². The summed E-state index contributed by atoms with van der Waals surface area (Å²) in [4.78, 5) is 26.3. The highest BCUT2D eigenvalue weighted by Gasteiger charge is 2.21. The van der Waals surface area contributed by atoms with E-state index >= 15 is 0 Å². The fourth-order valence-electron chi connectivity index (χ4n) is 4.38. The van der Waals surface area contributed by atoms with Crippen molar-refractivity contribution in [3.05, 3.63) is 70.7 Å². The molecule has 1 aliphatic carbocycles. The minimum Gasteiger partial charge on any atom is -0.496 e. The van der Waals surface area contributed by atoms with Gasteiger partial charge in [-0.25, -0.2) is 0 Å². The van der Waals surface area contributed by atoms with E-state index in [0.29, 0.717) is 40.0 Å². The molecule has 2 amide bonds. The number of amides is 2. The van der Waals surface area contributed by atoms with Gasteiger partial charge in [0.2, 0.25) is 0 Å². The number of carbonyl (C=O) groups excluding carboxylic acids is 2. The third-order valence-corrected chi connectivity index (χ3v) is 6.32. The van der Waals surface area contributed by atoms with Gasteiger partial charge in [0.05, 0.1) is 23.9 Å². The van der Waals surface area contributed by atoms with Crippen LogP contribution < -0.4 is 15.4 Å². The van der Waals surface area contributed by atoms with Gasteiger partial charge in [-0.2, -0.15) is 0 Å². The normalized spacial score (nSPS) is 14.2. The molecule has 0 radical (unpaired) electrons. The maximum absolute atomic E-state index is 13.3. The average Bonchev–Trinajstić information content (AvgIpc) is 2.83. The van der Waals surface area contributed by atoms with E-state index in [4.69, 9.17) is 16.3 Å². The number of benzene rings is 3. The van der Waals surface area contributed by atoms with Gasteiger partial charge in [0.1, 0.15) is 5.75 Å². The van der Waals surface area contributed by atoms with Gasteiger partial charge in [-0.05, 0) is 53.8 Å². The van der Waals surface area contributed by atoms with Crippen molar-refractivity contribution >= 4 is 39.9 Å². The van der Waals surface area contributed by atoms with Gasteiger partial charge in [-0.3, -0.25) is 9.59 Å². The van der Waals surface area contributed by atoms with Crippen molar-refractivity contribution in [1.29, 1.82) is 0 Å². The summed E-state index contributed by atoms with van der Waals surface area (Å²) < 4.78 is 5.45. The molecule has 0 unspecified atom stereocenters. The summed E-state index contributed by atoms with van der Waals surface area (Å²) in [6, 6.07) is 16.2. The van der Waals surface area contributed by atoms with Gasteiger partial charge in [0.25, 0.3) is 11.8 Å². The molecule has 0 spiro atoms. The molecule has 1 saturated carbocycles. The highest BCUT2D eigenvalue weighted by Crippen LogP contribution is 2.30. The number of nitrogens with one attached hydrogen (secondary N) is 2. The molecule has 3 aromatic carbocycles. The van der Waals surface area contributed by atoms with Crippen LogP contribution in [0.15, 0.2) is 54.6 Å². The topological polar surface area (TPSA) is 67.4 Å². The maximum Gasteiger partial charge on any atom is 0.260 e. The zero-order valence-electron chi connectivity index (χ0n) is 18.1. The van der Waals surface area contributed by atoms with E-state index in [2.05, 4.69) is 10.6 Å². The minimum absolute atomic E-state index is 0.238. The molecule has 5 nitrogen and oxygen atoms in total. The molecule has 0 bridgehead atoms. The first-order chi connectivity index (χ1) is 15.6. The number of rotatable bonds is 6. The van der Waals surface area contributed by atoms with E-state index in [0.717, 1.165) is 23.6 Å². The lowest BCUT2D eigenvalue weighted by Gasteiger charge is -2.22. The molecule has 166 valence electrons. The molecule has 32 heavy (non-hydrogen) atoms. The molecule has 3 aromatic rings. The second-order valence-electron chi connectivity index (χ2n) is 8.22. The Bertz CT molecular complexity index is 1140. The molecular weight excluding hydrogens is 424 g/mol. The van der Waals surface area contributed by atoms with Crippen molar-refractivity contribution in [2.75, 3.05) is 19.0 Å². The van der Waals surface area contributed by atoms with Gasteiger partial charge < -0.3 is 15.4 Å². The van der Waals surface area contributed by atoms with E-state index in [1.54, 1.807) is 24.3 Å². The zero-order valence-corrected chi connectivity index (χ0v) is 18.9. The molecule has 0 heterocycles. The van der Waals surface area contributed by atoms with Crippen LogP contribution in [-0.2, 0) is 0 Å². The van der Waals surface area contributed by atoms with Crippen LogP contribution in [0.1, 0.15) is 52.8 Å². The Hall–Kier alpha value is -3.05. The smallest absolute Gasteiger partial charge is 0.260 e. The zero-order chi connectivity index (χ0) is 22.5. The predicted molar refractivity (Wildman–Crippen MR) is 129 cm³/mol. The summed E-state index contributed by atoms with van der Waals surface area (Å²) in [5.41, 5.74) is 1.19. The standard InChI is InChI=1S/C26H27ClN2O3/c1-32-23-14-11-18-9-5-6-10-20(18)24(23)26(31)29-22-13-12-19(27)15-21(22)25(30)28-16-17-7-3-2-4-8-17/h5-6,9-15,17H,2-4,7-8,16H2,1H3,(H,28,30)(H,29,31). The van der Waals surface area contributed by atoms with Crippen LogP contribution in [0.3, 0.4) is 0 Å². The Labute approximate surface area is 193 Å². The summed E-state index contributed by atoms with van der Waals surface area (Å²) in [6.07, 6.45) is 5.98. The van der Waals surface area contributed by atoms with E-state index in [1.807, 2.05) is 30.3 Å². The van der Waals surface area contributed by atoms with Crippen LogP contribution in [0, 0.1) is 5.92 Å². The number of fused-ring (bicyclic) bond motifs is 1. The van der Waals surface area contributed by atoms with Crippen molar-refractivity contribution in [2.45, 2.75) is 32.1 Å². The van der Waals surface area contributed by atoms with Gasteiger partial charge in [-0.1, -0.05) is 61.2 Å². The van der Waals surface area contributed by atoms with E-state index in [9.17, 15) is 9.59 Å². The Balaban J connectivity index is 1.59. The molecule has 6 heteroatoms. The quantitative estimate of drug-likeness (QED) is 0.479. The van der Waals surface area contributed by atoms with Gasteiger partial charge >= 0.3 is 0 Å². The van der Waals surface area contributed by atoms with Crippen LogP contribution >= 0.6 is 11.6 Å². The minimum atomic E-state index is -0.345. The highest BCUT2D eigenvalue weighted by molar-refractivity contribution is 6.31. The first-order valence-corrected chi connectivity index (χ1v) is 11.4. The number of hydrogen-bond acceptors (Lipinski definition) is 3. The van der Waals surface area contributed by atoms with E-state index in [1.165, 1.54) is 26.4 Å². The second kappa shape index (κ2) is 10.0. The number of ether oxygens (including phenoxy) is 1. The first kappa shape index (κ1) is 22.2. The molecule has 0 atom stereocenters. The third kappa shape index (κ3) is 4.89. The van der Waals surface area contributed by atoms with Crippen molar-refractivity contribution in [3.8, 4) is 5.75 Å². The summed E-state index contributed by atoms with van der Waals surface area (Å²) in [5, 5.41) is 8.08. The van der Waals surface area contributed by atoms with Crippen molar-refractivity contribution in [3.63, 3.8) is 0 Å². The Morgan fingerprint density at radius 1 is 1.00 bits per heavy atom. The summed E-state index contributed by atoms with van der Waals surface area (Å²) in [5.74, 6) is 0.392. The number of methoxy groups -OCH3 is 1. The molecule has 1 fully saturated rings. The van der Waals surface area contributed by atoms with Crippen LogP contribution in [0.2, 0.25) is 5.02 Å². The van der Waals surface area contributed by atoms with Crippen LogP contribution in [0.4, 0.5) is 5.69 Å². The fourth-order valence-corrected chi connectivity index (χ4v) is 4.55. The summed E-state index contributed by atoms with van der Waals surface area (Å²) >= 11 is 6.18. The SMILES string of the molecule is COc1ccc2ccccc2c1C(=O)Nc1ccc(Cl)cc1C(=O)NCC1CCCCC1. The number of anilines is 1. The maximum atomic E-state index is 13.3. The largest absolute Gasteiger partial charge is 0.496 e. The van der Waals surface area contributed by atoms with Crippen LogP contribution in [0.5, 0.6) is 5.75 Å². The Kier molecular flexibility index (Phi) is 6.96. The molecule has 1 aliphatic rings. The predicted octanol–water partition coefficient (Wildman–Crippen LogP) is 6.06. The Morgan fingerprint density at radius 3 is 2.56 bits per heavy atom. The summed E-state index contributed by atoms with van der Waals surface area (Å²) in [6.45, 7) is 0.635. The van der Waals surface area contributed by atoms with Crippen molar-refractivity contribution in [1.82, 2.24) is 5.32 Å². The van der Waals surface area contributed by atoms with Crippen molar-refractivity contribution < 1.29 is 14.3 Å². The Morgan fingerprint density at radius 2 is 1.78 bits per heavy atom.